The molecule has 4 rings (SSSR count). The Morgan fingerprint density at radius 3 is 2.86 bits per heavy atom. The molecule has 4 nitrogen and oxygen atoms in total. The summed E-state index contributed by atoms with van der Waals surface area (Å²) in [7, 11) is 0. The Bertz CT molecular complexity index is 888. The van der Waals surface area contributed by atoms with Gasteiger partial charge in [-0.2, -0.15) is 0 Å². The van der Waals surface area contributed by atoms with E-state index in [4.69, 9.17) is 4.74 Å². The van der Waals surface area contributed by atoms with Crippen molar-refractivity contribution in [3.63, 3.8) is 0 Å². The average molecular weight is 398 g/mol. The number of rotatable bonds is 4. The summed E-state index contributed by atoms with van der Waals surface area (Å²) >= 11 is 1.52. The van der Waals surface area contributed by atoms with Gasteiger partial charge in [0, 0.05) is 4.88 Å². The van der Waals surface area contributed by atoms with Crippen molar-refractivity contribution in [3.05, 3.63) is 56.8 Å². The molecule has 0 aliphatic heterocycles. The lowest BCUT2D eigenvalue weighted by atomic mass is 9.87. The van der Waals surface area contributed by atoms with Gasteiger partial charge in [0.1, 0.15) is 4.88 Å². The summed E-state index contributed by atoms with van der Waals surface area (Å²) < 4.78 is 5.49. The van der Waals surface area contributed by atoms with Crippen LogP contribution in [0.5, 0.6) is 0 Å². The molecule has 1 aromatic carbocycles. The Balaban J connectivity index is 1.38. The first-order valence-electron chi connectivity index (χ1n) is 10.2. The molecule has 1 aromatic heterocycles. The van der Waals surface area contributed by atoms with Crippen LogP contribution in [0.4, 0.5) is 0 Å². The number of hydrogen-bond donors (Lipinski definition) is 1. The van der Waals surface area contributed by atoms with E-state index in [-0.39, 0.29) is 11.9 Å². The fraction of sp³-hybridized carbons (Fsp3) is 0.478. The van der Waals surface area contributed by atoms with Crippen LogP contribution in [0.15, 0.2) is 30.3 Å². The minimum absolute atomic E-state index is 0.00542. The Morgan fingerprint density at radius 1 is 1.18 bits per heavy atom. The largest absolute Gasteiger partial charge is 0.448 e. The van der Waals surface area contributed by atoms with Crippen molar-refractivity contribution >= 4 is 23.2 Å². The monoisotopic (exact) mass is 397 g/mol. The molecule has 0 saturated heterocycles. The van der Waals surface area contributed by atoms with Crippen LogP contribution in [0.1, 0.15) is 70.4 Å². The first-order valence-corrected chi connectivity index (χ1v) is 11.0. The Morgan fingerprint density at radius 2 is 2.00 bits per heavy atom. The zero-order valence-electron chi connectivity index (χ0n) is 16.5. The second-order valence-electron chi connectivity index (χ2n) is 8.11. The summed E-state index contributed by atoms with van der Waals surface area (Å²) in [5.74, 6) is 0.0396. The van der Waals surface area contributed by atoms with Crippen LogP contribution >= 0.6 is 11.3 Å². The number of fused-ring (bicyclic) bond motifs is 2. The van der Waals surface area contributed by atoms with Crippen molar-refractivity contribution in [2.45, 2.75) is 64.5 Å². The molecule has 1 N–H and O–H groups in total. The van der Waals surface area contributed by atoms with Gasteiger partial charge in [-0.05, 0) is 74.1 Å². The van der Waals surface area contributed by atoms with Gasteiger partial charge in [-0.1, -0.05) is 31.2 Å². The highest BCUT2D eigenvalue weighted by molar-refractivity contribution is 7.14. The lowest BCUT2D eigenvalue weighted by molar-refractivity contribution is -0.130. The van der Waals surface area contributed by atoms with Gasteiger partial charge in [0.2, 0.25) is 0 Å². The standard InChI is InChI=1S/C23H27NO3S/c1-14-10-11-20-17(12-14)13-21(28-20)23(26)27-15(2)22(25)24-19-9-5-7-16-6-3-4-8-18(16)19/h3-4,6,8,13-15,19H,5,7,9-12H2,1-2H3,(H,24,25)/t14-,15-,19+/m0/s1. The quantitative estimate of drug-likeness (QED) is 0.767. The maximum absolute atomic E-state index is 12.6. The van der Waals surface area contributed by atoms with Crippen LogP contribution < -0.4 is 5.32 Å². The molecule has 1 amide bonds. The number of ether oxygens (including phenoxy) is 1. The molecule has 0 fully saturated rings. The van der Waals surface area contributed by atoms with E-state index in [1.165, 1.54) is 39.3 Å². The van der Waals surface area contributed by atoms with Gasteiger partial charge in [-0.25, -0.2) is 4.79 Å². The molecule has 2 aliphatic rings. The molecule has 28 heavy (non-hydrogen) atoms. The molecule has 0 saturated carbocycles. The van der Waals surface area contributed by atoms with Crippen LogP contribution in [0.2, 0.25) is 0 Å². The Hall–Kier alpha value is -2.14. The van der Waals surface area contributed by atoms with Gasteiger partial charge in [-0.3, -0.25) is 4.79 Å². The van der Waals surface area contributed by atoms with Crippen molar-refractivity contribution in [2.75, 3.05) is 0 Å². The molecule has 2 aliphatic carbocycles. The molecular formula is C23H27NO3S. The Kier molecular flexibility index (Phi) is 5.54. The van der Waals surface area contributed by atoms with Crippen molar-refractivity contribution in [3.8, 4) is 0 Å². The summed E-state index contributed by atoms with van der Waals surface area (Å²) in [5, 5.41) is 3.07. The van der Waals surface area contributed by atoms with Crippen molar-refractivity contribution in [1.82, 2.24) is 5.32 Å². The predicted molar refractivity (Wildman–Crippen MR) is 111 cm³/mol. The third-order valence-electron chi connectivity index (χ3n) is 5.87. The lowest BCUT2D eigenvalue weighted by Gasteiger charge is -2.27. The predicted octanol–water partition coefficient (Wildman–Crippen LogP) is 4.61. The van der Waals surface area contributed by atoms with E-state index in [1.807, 2.05) is 18.2 Å². The highest BCUT2D eigenvalue weighted by Crippen LogP contribution is 2.33. The molecule has 1 heterocycles. The normalized spacial score (nSPS) is 21.9. The van der Waals surface area contributed by atoms with Crippen LogP contribution in [-0.4, -0.2) is 18.0 Å². The second kappa shape index (κ2) is 8.08. The Labute approximate surface area is 170 Å². The van der Waals surface area contributed by atoms with Crippen molar-refractivity contribution in [1.29, 1.82) is 0 Å². The molecule has 0 bridgehead atoms. The topological polar surface area (TPSA) is 55.4 Å². The summed E-state index contributed by atoms with van der Waals surface area (Å²) in [6.07, 6.45) is 5.44. The van der Waals surface area contributed by atoms with E-state index in [1.54, 1.807) is 6.92 Å². The molecular weight excluding hydrogens is 370 g/mol. The molecule has 0 radical (unpaired) electrons. The number of amides is 1. The number of benzene rings is 1. The van der Waals surface area contributed by atoms with Crippen molar-refractivity contribution < 1.29 is 14.3 Å². The second-order valence-corrected chi connectivity index (χ2v) is 9.24. The first kappa shape index (κ1) is 19.2. The van der Waals surface area contributed by atoms with Crippen LogP contribution in [0, 0.1) is 5.92 Å². The van der Waals surface area contributed by atoms with Gasteiger partial charge < -0.3 is 10.1 Å². The number of thiophene rings is 1. The first-order chi connectivity index (χ1) is 13.5. The fourth-order valence-electron chi connectivity index (χ4n) is 4.27. The highest BCUT2D eigenvalue weighted by Gasteiger charge is 2.27. The van der Waals surface area contributed by atoms with Gasteiger partial charge in [0.25, 0.3) is 5.91 Å². The number of nitrogens with one attached hydrogen (secondary N) is 1. The minimum Gasteiger partial charge on any atom is -0.448 e. The van der Waals surface area contributed by atoms with Gasteiger partial charge in [-0.15, -0.1) is 11.3 Å². The number of esters is 1. The average Bonchev–Trinajstić information content (AvgIpc) is 3.11. The lowest BCUT2D eigenvalue weighted by Crippen LogP contribution is -2.39. The van der Waals surface area contributed by atoms with E-state index in [0.717, 1.165) is 32.1 Å². The van der Waals surface area contributed by atoms with E-state index >= 15 is 0 Å². The summed E-state index contributed by atoms with van der Waals surface area (Å²) in [5.41, 5.74) is 3.74. The van der Waals surface area contributed by atoms with Crippen LogP contribution in [-0.2, 0) is 28.8 Å². The molecule has 0 spiro atoms. The number of carbonyl (C=O) groups excluding carboxylic acids is 2. The smallest absolute Gasteiger partial charge is 0.349 e. The summed E-state index contributed by atoms with van der Waals surface area (Å²) in [6.45, 7) is 3.89. The van der Waals surface area contributed by atoms with E-state index in [2.05, 4.69) is 24.4 Å². The molecule has 0 unspecified atom stereocenters. The zero-order chi connectivity index (χ0) is 19.7. The van der Waals surface area contributed by atoms with E-state index in [9.17, 15) is 9.59 Å². The van der Waals surface area contributed by atoms with Gasteiger partial charge in [0.15, 0.2) is 6.10 Å². The SMILES string of the molecule is C[C@H]1CCc2sc(C(=O)O[C@@H](C)C(=O)N[C@@H]3CCCc4ccccc43)cc2C1. The maximum atomic E-state index is 12.6. The highest BCUT2D eigenvalue weighted by atomic mass is 32.1. The summed E-state index contributed by atoms with van der Waals surface area (Å²) in [6, 6.07) is 10.2. The molecule has 3 atom stereocenters. The van der Waals surface area contributed by atoms with E-state index in [0.29, 0.717) is 10.8 Å². The molecule has 2 aromatic rings. The van der Waals surface area contributed by atoms with Gasteiger partial charge in [0.05, 0.1) is 6.04 Å². The minimum atomic E-state index is -0.806. The molecule has 5 heteroatoms. The number of hydrogen-bond acceptors (Lipinski definition) is 4. The third-order valence-corrected chi connectivity index (χ3v) is 7.09. The fourth-order valence-corrected chi connectivity index (χ4v) is 5.36. The zero-order valence-corrected chi connectivity index (χ0v) is 17.3. The van der Waals surface area contributed by atoms with Gasteiger partial charge >= 0.3 is 5.97 Å². The third kappa shape index (κ3) is 4.00. The van der Waals surface area contributed by atoms with Crippen LogP contribution in [0.3, 0.4) is 0 Å². The summed E-state index contributed by atoms with van der Waals surface area (Å²) in [4.78, 5) is 27.1. The van der Waals surface area contributed by atoms with Crippen molar-refractivity contribution in [2.24, 2.45) is 5.92 Å². The maximum Gasteiger partial charge on any atom is 0.349 e. The van der Waals surface area contributed by atoms with Crippen LogP contribution in [0.25, 0.3) is 0 Å². The molecule has 148 valence electrons. The number of carbonyl (C=O) groups is 2. The van der Waals surface area contributed by atoms with E-state index < -0.39 is 12.1 Å². The number of aryl methyl sites for hydroxylation is 2.